The lowest BCUT2D eigenvalue weighted by atomic mass is 10.1. The number of carbonyl (C=O) groups is 1. The number of amides is 1. The molecule has 1 aromatic rings. The Bertz CT molecular complexity index is 444. The van der Waals surface area contributed by atoms with Crippen molar-refractivity contribution in [1.82, 2.24) is 5.32 Å². The van der Waals surface area contributed by atoms with Crippen LogP contribution < -0.4 is 10.6 Å². The van der Waals surface area contributed by atoms with Gasteiger partial charge in [-0.05, 0) is 25.0 Å². The van der Waals surface area contributed by atoms with Gasteiger partial charge in [-0.2, -0.15) is 0 Å². The molecule has 21 heavy (non-hydrogen) atoms. The number of anilines is 1. The average molecular weight is 300 g/mol. The van der Waals surface area contributed by atoms with Crippen LogP contribution in [0.1, 0.15) is 36.5 Å². The minimum atomic E-state index is -0.787. The molecule has 0 spiro atoms. The van der Waals surface area contributed by atoms with E-state index in [-0.39, 0.29) is 11.3 Å². The Balaban J connectivity index is 2.39. The van der Waals surface area contributed by atoms with Crippen LogP contribution in [0.2, 0.25) is 0 Å². The molecule has 4 nitrogen and oxygen atoms in total. The van der Waals surface area contributed by atoms with Crippen LogP contribution in [0, 0.1) is 11.6 Å². The molecule has 0 radical (unpaired) electrons. The Morgan fingerprint density at radius 2 is 1.81 bits per heavy atom. The summed E-state index contributed by atoms with van der Waals surface area (Å²) in [5.74, 6) is -2.07. The lowest BCUT2D eigenvalue weighted by molar-refractivity contribution is 0.0939. The van der Waals surface area contributed by atoms with Crippen LogP contribution in [-0.4, -0.2) is 32.7 Å². The highest BCUT2D eigenvalue weighted by Gasteiger charge is 2.13. The Hall–Kier alpha value is -1.69. The zero-order valence-electron chi connectivity index (χ0n) is 12.5. The number of benzene rings is 1. The third-order valence-electron chi connectivity index (χ3n) is 2.95. The molecule has 0 bridgehead atoms. The highest BCUT2D eigenvalue weighted by Crippen LogP contribution is 2.20. The van der Waals surface area contributed by atoms with Crippen molar-refractivity contribution in [3.8, 4) is 0 Å². The standard InChI is InChI=1S/C15H22F2N2O2/c1-3-4-7-21-8-5-6-19-15(20)11-9-12(16)14(18-2)13(17)10-11/h9-10,18H,3-8H2,1-2H3,(H,19,20). The van der Waals surface area contributed by atoms with E-state index in [4.69, 9.17) is 4.74 Å². The van der Waals surface area contributed by atoms with Gasteiger partial charge in [0.1, 0.15) is 17.3 Å². The lowest BCUT2D eigenvalue weighted by Gasteiger charge is -2.09. The average Bonchev–Trinajstić information content (AvgIpc) is 2.45. The van der Waals surface area contributed by atoms with E-state index in [9.17, 15) is 13.6 Å². The summed E-state index contributed by atoms with van der Waals surface area (Å²) in [5.41, 5.74) is -0.272. The Morgan fingerprint density at radius 1 is 1.19 bits per heavy atom. The van der Waals surface area contributed by atoms with Crippen molar-refractivity contribution in [2.24, 2.45) is 0 Å². The van der Waals surface area contributed by atoms with Gasteiger partial charge in [-0.1, -0.05) is 13.3 Å². The SMILES string of the molecule is CCCCOCCCNC(=O)c1cc(F)c(NC)c(F)c1. The maximum Gasteiger partial charge on any atom is 0.251 e. The summed E-state index contributed by atoms with van der Waals surface area (Å²) in [6, 6.07) is 2.03. The van der Waals surface area contributed by atoms with Crippen molar-refractivity contribution in [1.29, 1.82) is 0 Å². The van der Waals surface area contributed by atoms with Gasteiger partial charge in [-0.15, -0.1) is 0 Å². The van der Waals surface area contributed by atoms with Gasteiger partial charge >= 0.3 is 0 Å². The third kappa shape index (κ3) is 5.67. The zero-order chi connectivity index (χ0) is 15.7. The number of ether oxygens (including phenoxy) is 1. The van der Waals surface area contributed by atoms with Crippen molar-refractivity contribution < 1.29 is 18.3 Å². The van der Waals surface area contributed by atoms with Gasteiger partial charge in [0, 0.05) is 32.4 Å². The summed E-state index contributed by atoms with van der Waals surface area (Å²) < 4.78 is 32.4. The maximum atomic E-state index is 13.5. The smallest absolute Gasteiger partial charge is 0.251 e. The monoisotopic (exact) mass is 300 g/mol. The fourth-order valence-corrected chi connectivity index (χ4v) is 1.77. The Morgan fingerprint density at radius 3 is 2.38 bits per heavy atom. The number of halogens is 2. The van der Waals surface area contributed by atoms with E-state index in [1.54, 1.807) is 0 Å². The summed E-state index contributed by atoms with van der Waals surface area (Å²) in [6.45, 7) is 3.76. The molecule has 0 fully saturated rings. The molecule has 0 aliphatic heterocycles. The Kier molecular flexibility index (Phi) is 7.68. The number of hydrogen-bond donors (Lipinski definition) is 2. The van der Waals surface area contributed by atoms with Crippen molar-refractivity contribution in [2.75, 3.05) is 32.1 Å². The van der Waals surface area contributed by atoms with Crippen LogP contribution in [0.25, 0.3) is 0 Å². The van der Waals surface area contributed by atoms with Gasteiger partial charge in [0.05, 0.1) is 0 Å². The van der Waals surface area contributed by atoms with E-state index in [0.29, 0.717) is 26.2 Å². The van der Waals surface area contributed by atoms with E-state index in [2.05, 4.69) is 17.6 Å². The predicted molar refractivity (Wildman–Crippen MR) is 78.6 cm³/mol. The number of unbranched alkanes of at least 4 members (excludes halogenated alkanes) is 1. The molecule has 6 heteroatoms. The highest BCUT2D eigenvalue weighted by atomic mass is 19.1. The molecule has 1 aromatic carbocycles. The quantitative estimate of drug-likeness (QED) is 0.689. The van der Waals surface area contributed by atoms with Crippen molar-refractivity contribution >= 4 is 11.6 Å². The van der Waals surface area contributed by atoms with E-state index >= 15 is 0 Å². The van der Waals surface area contributed by atoms with Gasteiger partial charge in [0.15, 0.2) is 0 Å². The molecule has 0 saturated heterocycles. The summed E-state index contributed by atoms with van der Waals surface area (Å²) in [6.07, 6.45) is 2.76. The number of rotatable bonds is 9. The molecule has 0 aliphatic rings. The third-order valence-corrected chi connectivity index (χ3v) is 2.95. The summed E-state index contributed by atoms with van der Waals surface area (Å²) >= 11 is 0. The van der Waals surface area contributed by atoms with Crippen LogP contribution in [0.5, 0.6) is 0 Å². The second-order valence-electron chi connectivity index (χ2n) is 4.64. The van der Waals surface area contributed by atoms with Gasteiger partial charge in [0.25, 0.3) is 5.91 Å². The molecule has 0 aliphatic carbocycles. The van der Waals surface area contributed by atoms with E-state index in [1.807, 2.05) is 0 Å². The normalized spacial score (nSPS) is 10.5. The second kappa shape index (κ2) is 9.28. The fourth-order valence-electron chi connectivity index (χ4n) is 1.77. The van der Waals surface area contributed by atoms with E-state index in [1.165, 1.54) is 7.05 Å². The molecule has 0 atom stereocenters. The van der Waals surface area contributed by atoms with E-state index in [0.717, 1.165) is 25.0 Å². The molecular weight excluding hydrogens is 278 g/mol. The van der Waals surface area contributed by atoms with Crippen molar-refractivity contribution in [3.63, 3.8) is 0 Å². The molecular formula is C15H22F2N2O2. The molecule has 1 rings (SSSR count). The van der Waals surface area contributed by atoms with Crippen molar-refractivity contribution in [3.05, 3.63) is 29.3 Å². The first-order valence-corrected chi connectivity index (χ1v) is 7.12. The van der Waals surface area contributed by atoms with Crippen LogP contribution in [0.15, 0.2) is 12.1 Å². The molecule has 0 unspecified atom stereocenters. The maximum absolute atomic E-state index is 13.5. The zero-order valence-corrected chi connectivity index (χ0v) is 12.5. The van der Waals surface area contributed by atoms with Crippen LogP contribution >= 0.6 is 0 Å². The van der Waals surface area contributed by atoms with Crippen LogP contribution in [0.4, 0.5) is 14.5 Å². The fraction of sp³-hybridized carbons (Fsp3) is 0.533. The first-order chi connectivity index (χ1) is 10.1. The van der Waals surface area contributed by atoms with E-state index < -0.39 is 17.5 Å². The number of hydrogen-bond acceptors (Lipinski definition) is 3. The molecule has 2 N–H and O–H groups in total. The van der Waals surface area contributed by atoms with Crippen LogP contribution in [-0.2, 0) is 4.74 Å². The number of carbonyl (C=O) groups excluding carboxylic acids is 1. The molecule has 1 amide bonds. The second-order valence-corrected chi connectivity index (χ2v) is 4.64. The summed E-state index contributed by atoms with van der Waals surface area (Å²) in [7, 11) is 1.42. The molecule has 0 aromatic heterocycles. The lowest BCUT2D eigenvalue weighted by Crippen LogP contribution is -2.25. The minimum absolute atomic E-state index is 0.0316. The largest absolute Gasteiger partial charge is 0.383 e. The number of nitrogens with one attached hydrogen (secondary N) is 2. The first-order valence-electron chi connectivity index (χ1n) is 7.12. The van der Waals surface area contributed by atoms with Crippen molar-refractivity contribution in [2.45, 2.75) is 26.2 Å². The molecule has 118 valence electrons. The predicted octanol–water partition coefficient (Wildman–Crippen LogP) is 2.94. The van der Waals surface area contributed by atoms with Gasteiger partial charge in [-0.3, -0.25) is 4.79 Å². The minimum Gasteiger partial charge on any atom is -0.383 e. The van der Waals surface area contributed by atoms with Gasteiger partial charge in [0.2, 0.25) is 0 Å². The molecule has 0 saturated carbocycles. The van der Waals surface area contributed by atoms with Gasteiger partial charge < -0.3 is 15.4 Å². The summed E-state index contributed by atoms with van der Waals surface area (Å²) in [5, 5.41) is 5.02. The highest BCUT2D eigenvalue weighted by molar-refractivity contribution is 5.94. The Labute approximate surface area is 123 Å². The van der Waals surface area contributed by atoms with Crippen LogP contribution in [0.3, 0.4) is 0 Å². The van der Waals surface area contributed by atoms with Gasteiger partial charge in [-0.25, -0.2) is 8.78 Å². The molecule has 0 heterocycles. The first kappa shape index (κ1) is 17.4. The summed E-state index contributed by atoms with van der Waals surface area (Å²) in [4.78, 5) is 11.8. The topological polar surface area (TPSA) is 50.4 Å².